The SMILES string of the molecule is Cc1c(C)c(C)c(S(=O)(=O)Nc2ccc(CC(=O)N3CCCC3)cc2)c(C)c1C. The van der Waals surface area contributed by atoms with Crippen LogP contribution in [0.4, 0.5) is 5.69 Å². The lowest BCUT2D eigenvalue weighted by Crippen LogP contribution is -2.29. The summed E-state index contributed by atoms with van der Waals surface area (Å²) < 4.78 is 29.0. The van der Waals surface area contributed by atoms with Crippen molar-refractivity contribution < 1.29 is 13.2 Å². The third-order valence-electron chi connectivity index (χ3n) is 6.22. The molecule has 1 aliphatic heterocycles. The van der Waals surface area contributed by atoms with E-state index in [9.17, 15) is 13.2 Å². The summed E-state index contributed by atoms with van der Waals surface area (Å²) in [6.07, 6.45) is 2.49. The molecule has 29 heavy (non-hydrogen) atoms. The molecule has 0 radical (unpaired) electrons. The molecule has 0 aromatic heterocycles. The van der Waals surface area contributed by atoms with Crippen LogP contribution >= 0.6 is 0 Å². The zero-order chi connectivity index (χ0) is 21.3. The second-order valence-corrected chi connectivity index (χ2v) is 9.64. The Morgan fingerprint density at radius 2 is 1.34 bits per heavy atom. The number of likely N-dealkylation sites (tertiary alicyclic amines) is 1. The average molecular weight is 415 g/mol. The second kappa shape index (κ2) is 8.19. The minimum absolute atomic E-state index is 0.132. The summed E-state index contributed by atoms with van der Waals surface area (Å²) in [6.45, 7) is 11.3. The van der Waals surface area contributed by atoms with Crippen molar-refractivity contribution in [2.75, 3.05) is 17.8 Å². The molecule has 0 aliphatic carbocycles. The third-order valence-corrected chi connectivity index (χ3v) is 7.87. The van der Waals surface area contributed by atoms with Gasteiger partial charge in [0, 0.05) is 18.8 Å². The van der Waals surface area contributed by atoms with Crippen molar-refractivity contribution in [1.29, 1.82) is 0 Å². The quantitative estimate of drug-likeness (QED) is 0.798. The summed E-state index contributed by atoms with van der Waals surface area (Å²) in [5, 5.41) is 0. The van der Waals surface area contributed by atoms with Gasteiger partial charge in [-0.2, -0.15) is 0 Å². The highest BCUT2D eigenvalue weighted by Crippen LogP contribution is 2.30. The van der Waals surface area contributed by atoms with Crippen LogP contribution in [0.5, 0.6) is 0 Å². The molecule has 156 valence electrons. The van der Waals surface area contributed by atoms with Crippen LogP contribution in [-0.4, -0.2) is 32.3 Å². The van der Waals surface area contributed by atoms with Gasteiger partial charge in [-0.05, 0) is 93.0 Å². The Bertz CT molecular complexity index is 1010. The van der Waals surface area contributed by atoms with E-state index in [0.29, 0.717) is 17.0 Å². The molecule has 6 heteroatoms. The van der Waals surface area contributed by atoms with Gasteiger partial charge in [-0.1, -0.05) is 12.1 Å². The van der Waals surface area contributed by atoms with Gasteiger partial charge in [0.05, 0.1) is 11.3 Å². The Morgan fingerprint density at radius 3 is 1.86 bits per heavy atom. The fourth-order valence-corrected chi connectivity index (χ4v) is 5.68. The molecule has 0 bridgehead atoms. The molecule has 1 heterocycles. The average Bonchev–Trinajstić information content (AvgIpc) is 3.21. The van der Waals surface area contributed by atoms with Gasteiger partial charge in [0.25, 0.3) is 10.0 Å². The van der Waals surface area contributed by atoms with E-state index in [-0.39, 0.29) is 5.91 Å². The van der Waals surface area contributed by atoms with E-state index in [2.05, 4.69) is 4.72 Å². The number of nitrogens with zero attached hydrogens (tertiary/aromatic N) is 1. The van der Waals surface area contributed by atoms with Gasteiger partial charge in [0.1, 0.15) is 0 Å². The molecule has 1 fully saturated rings. The molecule has 2 aromatic rings. The zero-order valence-corrected chi connectivity index (χ0v) is 18.7. The highest BCUT2D eigenvalue weighted by molar-refractivity contribution is 7.92. The monoisotopic (exact) mass is 414 g/mol. The number of nitrogens with one attached hydrogen (secondary N) is 1. The van der Waals surface area contributed by atoms with Crippen molar-refractivity contribution in [2.24, 2.45) is 0 Å². The highest BCUT2D eigenvalue weighted by atomic mass is 32.2. The number of carbonyl (C=O) groups is 1. The first-order valence-corrected chi connectivity index (χ1v) is 11.6. The van der Waals surface area contributed by atoms with Crippen molar-refractivity contribution >= 4 is 21.6 Å². The van der Waals surface area contributed by atoms with E-state index in [0.717, 1.165) is 59.3 Å². The summed E-state index contributed by atoms with van der Waals surface area (Å²) in [4.78, 5) is 14.5. The van der Waals surface area contributed by atoms with Crippen molar-refractivity contribution in [3.63, 3.8) is 0 Å². The van der Waals surface area contributed by atoms with Crippen molar-refractivity contribution in [2.45, 2.75) is 58.8 Å². The summed E-state index contributed by atoms with van der Waals surface area (Å²) >= 11 is 0. The molecular formula is C23H30N2O3S. The molecule has 0 atom stereocenters. The van der Waals surface area contributed by atoms with Crippen LogP contribution in [0.3, 0.4) is 0 Å². The Kier molecular flexibility index (Phi) is 6.03. The molecule has 1 N–H and O–H groups in total. The molecule has 3 rings (SSSR count). The minimum atomic E-state index is -3.71. The van der Waals surface area contributed by atoms with Crippen molar-refractivity contribution in [3.05, 3.63) is 57.6 Å². The number of anilines is 1. The fraction of sp³-hybridized carbons (Fsp3) is 0.435. The largest absolute Gasteiger partial charge is 0.342 e. The molecule has 2 aromatic carbocycles. The Hall–Kier alpha value is -2.34. The highest BCUT2D eigenvalue weighted by Gasteiger charge is 2.24. The number of amides is 1. The van der Waals surface area contributed by atoms with Crippen LogP contribution in [0.2, 0.25) is 0 Å². The fourth-order valence-electron chi connectivity index (χ4n) is 4.02. The molecule has 1 amide bonds. The Morgan fingerprint density at radius 1 is 0.862 bits per heavy atom. The first-order chi connectivity index (χ1) is 13.6. The maximum atomic E-state index is 13.1. The molecule has 1 aliphatic rings. The first kappa shape index (κ1) is 21.4. The minimum Gasteiger partial charge on any atom is -0.342 e. The van der Waals surface area contributed by atoms with E-state index in [1.807, 2.05) is 51.7 Å². The van der Waals surface area contributed by atoms with Gasteiger partial charge in [-0.15, -0.1) is 0 Å². The predicted octanol–water partition coefficient (Wildman–Crippen LogP) is 4.19. The van der Waals surface area contributed by atoms with Crippen LogP contribution in [0, 0.1) is 34.6 Å². The third kappa shape index (κ3) is 4.32. The van der Waals surface area contributed by atoms with Crippen LogP contribution in [0.25, 0.3) is 0 Å². The molecule has 0 unspecified atom stereocenters. The van der Waals surface area contributed by atoms with E-state index >= 15 is 0 Å². The second-order valence-electron chi connectivity index (χ2n) is 8.02. The van der Waals surface area contributed by atoms with Gasteiger partial charge in [-0.3, -0.25) is 9.52 Å². The van der Waals surface area contributed by atoms with Gasteiger partial charge in [0.15, 0.2) is 0 Å². The number of hydrogen-bond donors (Lipinski definition) is 1. The number of sulfonamides is 1. The van der Waals surface area contributed by atoms with Crippen molar-refractivity contribution in [1.82, 2.24) is 4.90 Å². The summed E-state index contributed by atoms with van der Waals surface area (Å²) in [5.41, 5.74) is 6.09. The van der Waals surface area contributed by atoms with Crippen LogP contribution < -0.4 is 4.72 Å². The number of carbonyl (C=O) groups excluding carboxylic acids is 1. The van der Waals surface area contributed by atoms with E-state index < -0.39 is 10.0 Å². The molecular weight excluding hydrogens is 384 g/mol. The Labute approximate surface area is 174 Å². The zero-order valence-electron chi connectivity index (χ0n) is 17.9. The Balaban J connectivity index is 1.80. The van der Waals surface area contributed by atoms with Gasteiger partial charge < -0.3 is 4.90 Å². The van der Waals surface area contributed by atoms with Gasteiger partial charge >= 0.3 is 0 Å². The van der Waals surface area contributed by atoms with Crippen molar-refractivity contribution in [3.8, 4) is 0 Å². The number of hydrogen-bond acceptors (Lipinski definition) is 3. The predicted molar refractivity (Wildman–Crippen MR) is 117 cm³/mol. The standard InChI is InChI=1S/C23H30N2O3S/c1-15-16(2)18(4)23(19(5)17(15)3)29(27,28)24-21-10-8-20(9-11-21)14-22(26)25-12-6-7-13-25/h8-11,24H,6-7,12-14H2,1-5H3. The maximum absolute atomic E-state index is 13.1. The lowest BCUT2D eigenvalue weighted by atomic mass is 9.95. The number of rotatable bonds is 5. The molecule has 0 saturated carbocycles. The summed E-state index contributed by atoms with van der Waals surface area (Å²) in [7, 11) is -3.71. The number of benzene rings is 2. The smallest absolute Gasteiger partial charge is 0.262 e. The van der Waals surface area contributed by atoms with E-state index in [4.69, 9.17) is 0 Å². The van der Waals surface area contributed by atoms with Crippen LogP contribution in [0.15, 0.2) is 29.2 Å². The molecule has 5 nitrogen and oxygen atoms in total. The molecule has 1 saturated heterocycles. The first-order valence-electron chi connectivity index (χ1n) is 10.1. The van der Waals surface area contributed by atoms with Gasteiger partial charge in [-0.25, -0.2) is 8.42 Å². The van der Waals surface area contributed by atoms with E-state index in [1.54, 1.807) is 12.1 Å². The molecule has 0 spiro atoms. The maximum Gasteiger partial charge on any atom is 0.262 e. The van der Waals surface area contributed by atoms with E-state index in [1.165, 1.54) is 0 Å². The summed E-state index contributed by atoms with van der Waals surface area (Å²) in [5.74, 6) is 0.132. The summed E-state index contributed by atoms with van der Waals surface area (Å²) in [6, 6.07) is 7.08. The van der Waals surface area contributed by atoms with Crippen LogP contribution in [-0.2, 0) is 21.2 Å². The topological polar surface area (TPSA) is 66.5 Å². The lowest BCUT2D eigenvalue weighted by Gasteiger charge is -2.19. The lowest BCUT2D eigenvalue weighted by molar-refractivity contribution is -0.129. The van der Waals surface area contributed by atoms with Gasteiger partial charge in [0.2, 0.25) is 5.91 Å². The van der Waals surface area contributed by atoms with Crippen LogP contribution in [0.1, 0.15) is 46.2 Å². The normalized spacial score (nSPS) is 14.3.